The molecule has 0 spiro atoms. The van der Waals surface area contributed by atoms with Crippen LogP contribution >= 0.6 is 11.3 Å². The molecule has 1 amide bonds. The van der Waals surface area contributed by atoms with E-state index in [0.717, 1.165) is 26.7 Å². The third-order valence-electron chi connectivity index (χ3n) is 3.65. The molecule has 1 heterocycles. The molecule has 1 atom stereocenters. The number of amides is 1. The maximum absolute atomic E-state index is 12.2. The number of hydrogen-bond donors (Lipinski definition) is 2. The zero-order chi connectivity index (χ0) is 16.9. The van der Waals surface area contributed by atoms with Gasteiger partial charge in [-0.3, -0.25) is 4.79 Å². The molecule has 0 bridgehead atoms. The fraction of sp³-hybridized carbons (Fsp3) is 0.222. The summed E-state index contributed by atoms with van der Waals surface area (Å²) < 4.78 is 6.22. The number of nitrogens with one attached hydrogen (secondary N) is 2. The number of fused-ring (bicyclic) bond motifs is 1. The maximum Gasteiger partial charge on any atom is 0.242 e. The van der Waals surface area contributed by atoms with Crippen molar-refractivity contribution in [3.05, 3.63) is 54.1 Å². The molecule has 0 aliphatic rings. The lowest BCUT2D eigenvalue weighted by atomic mass is 10.2. The van der Waals surface area contributed by atoms with E-state index in [2.05, 4.69) is 15.6 Å². The number of carbonyl (C=O) groups excluding carboxylic acids is 1. The molecule has 1 unspecified atom stereocenters. The SMILES string of the molecule is COc1ccc(CNC(=O)C(C)Nc2nc3ccccc3s2)cc1. The third kappa shape index (κ3) is 3.83. The Morgan fingerprint density at radius 2 is 1.96 bits per heavy atom. The maximum atomic E-state index is 12.2. The fourth-order valence-electron chi connectivity index (χ4n) is 2.27. The first kappa shape index (κ1) is 16.3. The predicted octanol–water partition coefficient (Wildman–Crippen LogP) is 3.42. The molecule has 3 aromatic rings. The van der Waals surface area contributed by atoms with Crippen molar-refractivity contribution in [3.63, 3.8) is 0 Å². The van der Waals surface area contributed by atoms with E-state index in [0.29, 0.717) is 6.54 Å². The molecule has 2 N–H and O–H groups in total. The number of rotatable bonds is 6. The zero-order valence-electron chi connectivity index (χ0n) is 13.6. The van der Waals surface area contributed by atoms with E-state index in [-0.39, 0.29) is 11.9 Å². The minimum Gasteiger partial charge on any atom is -0.497 e. The number of benzene rings is 2. The Kier molecular flexibility index (Phi) is 4.96. The summed E-state index contributed by atoms with van der Waals surface area (Å²) in [7, 11) is 1.63. The first-order chi connectivity index (χ1) is 11.7. The largest absolute Gasteiger partial charge is 0.497 e. The van der Waals surface area contributed by atoms with Crippen molar-refractivity contribution in [1.29, 1.82) is 0 Å². The monoisotopic (exact) mass is 341 g/mol. The van der Waals surface area contributed by atoms with Crippen LogP contribution in [-0.4, -0.2) is 24.0 Å². The van der Waals surface area contributed by atoms with Gasteiger partial charge in [0.15, 0.2) is 5.13 Å². The van der Waals surface area contributed by atoms with Gasteiger partial charge in [0.25, 0.3) is 0 Å². The van der Waals surface area contributed by atoms with Crippen LogP contribution in [0, 0.1) is 0 Å². The number of hydrogen-bond acceptors (Lipinski definition) is 5. The molecule has 3 rings (SSSR count). The van der Waals surface area contributed by atoms with E-state index < -0.39 is 0 Å². The number of ether oxygens (including phenoxy) is 1. The van der Waals surface area contributed by atoms with Gasteiger partial charge in [-0.25, -0.2) is 4.98 Å². The van der Waals surface area contributed by atoms with Crippen LogP contribution in [0.2, 0.25) is 0 Å². The molecule has 124 valence electrons. The number of methoxy groups -OCH3 is 1. The second-order valence-corrected chi connectivity index (χ2v) is 6.45. The van der Waals surface area contributed by atoms with E-state index in [9.17, 15) is 4.79 Å². The van der Waals surface area contributed by atoms with Crippen molar-refractivity contribution in [2.45, 2.75) is 19.5 Å². The summed E-state index contributed by atoms with van der Waals surface area (Å²) in [5.74, 6) is 0.737. The third-order valence-corrected chi connectivity index (χ3v) is 4.62. The van der Waals surface area contributed by atoms with Gasteiger partial charge in [-0.05, 0) is 36.8 Å². The average Bonchev–Trinajstić information content (AvgIpc) is 3.02. The lowest BCUT2D eigenvalue weighted by Crippen LogP contribution is -2.37. The summed E-state index contributed by atoms with van der Waals surface area (Å²) in [6, 6.07) is 15.2. The molecule has 0 radical (unpaired) electrons. The molecule has 0 saturated heterocycles. The number of para-hydroxylation sites is 1. The van der Waals surface area contributed by atoms with E-state index in [1.165, 1.54) is 0 Å². The van der Waals surface area contributed by atoms with Crippen molar-refractivity contribution in [2.75, 3.05) is 12.4 Å². The first-order valence-electron chi connectivity index (χ1n) is 7.68. The highest BCUT2D eigenvalue weighted by atomic mass is 32.1. The van der Waals surface area contributed by atoms with Crippen molar-refractivity contribution < 1.29 is 9.53 Å². The highest BCUT2D eigenvalue weighted by Crippen LogP contribution is 2.25. The van der Waals surface area contributed by atoms with Gasteiger partial charge < -0.3 is 15.4 Å². The first-order valence-corrected chi connectivity index (χ1v) is 8.50. The van der Waals surface area contributed by atoms with Crippen LogP contribution in [0.5, 0.6) is 5.75 Å². The Bertz CT molecular complexity index is 797. The van der Waals surface area contributed by atoms with E-state index in [4.69, 9.17) is 4.74 Å². The second-order valence-electron chi connectivity index (χ2n) is 5.42. The number of nitrogens with zero attached hydrogens (tertiary/aromatic N) is 1. The summed E-state index contributed by atoms with van der Waals surface area (Å²) in [4.78, 5) is 16.7. The minimum atomic E-state index is -0.358. The van der Waals surface area contributed by atoms with E-state index in [1.54, 1.807) is 18.4 Å². The van der Waals surface area contributed by atoms with Crippen LogP contribution in [0.15, 0.2) is 48.5 Å². The quantitative estimate of drug-likeness (QED) is 0.721. The molecular weight excluding hydrogens is 322 g/mol. The van der Waals surface area contributed by atoms with Crippen LogP contribution in [0.1, 0.15) is 12.5 Å². The van der Waals surface area contributed by atoms with Gasteiger partial charge in [-0.2, -0.15) is 0 Å². The topological polar surface area (TPSA) is 63.2 Å². The van der Waals surface area contributed by atoms with E-state index in [1.807, 2.05) is 55.5 Å². The zero-order valence-corrected chi connectivity index (χ0v) is 14.4. The van der Waals surface area contributed by atoms with Crippen molar-refractivity contribution in [3.8, 4) is 5.75 Å². The Morgan fingerprint density at radius 1 is 1.21 bits per heavy atom. The van der Waals surface area contributed by atoms with Gasteiger partial charge >= 0.3 is 0 Å². The average molecular weight is 341 g/mol. The molecular formula is C18H19N3O2S. The lowest BCUT2D eigenvalue weighted by molar-refractivity contribution is -0.121. The molecule has 1 aromatic heterocycles. The lowest BCUT2D eigenvalue weighted by Gasteiger charge is -2.13. The molecule has 6 heteroatoms. The Morgan fingerprint density at radius 3 is 2.67 bits per heavy atom. The van der Waals surface area contributed by atoms with Crippen molar-refractivity contribution in [1.82, 2.24) is 10.3 Å². The van der Waals surface area contributed by atoms with Crippen LogP contribution < -0.4 is 15.4 Å². The normalized spacial score (nSPS) is 11.9. The van der Waals surface area contributed by atoms with Gasteiger partial charge in [-0.1, -0.05) is 35.6 Å². The summed E-state index contributed by atoms with van der Waals surface area (Å²) in [5.41, 5.74) is 1.96. The predicted molar refractivity (Wildman–Crippen MR) is 97.5 cm³/mol. The highest BCUT2D eigenvalue weighted by molar-refractivity contribution is 7.22. The molecule has 0 fully saturated rings. The molecule has 0 aliphatic carbocycles. The van der Waals surface area contributed by atoms with Crippen molar-refractivity contribution >= 4 is 32.6 Å². The van der Waals surface area contributed by atoms with Gasteiger partial charge in [0.1, 0.15) is 11.8 Å². The summed E-state index contributed by atoms with van der Waals surface area (Å²) in [6.45, 7) is 2.31. The number of anilines is 1. The summed E-state index contributed by atoms with van der Waals surface area (Å²) in [5, 5.41) is 6.84. The summed E-state index contributed by atoms with van der Waals surface area (Å²) in [6.07, 6.45) is 0. The second kappa shape index (κ2) is 7.31. The van der Waals surface area contributed by atoms with Crippen molar-refractivity contribution in [2.24, 2.45) is 0 Å². The highest BCUT2D eigenvalue weighted by Gasteiger charge is 2.14. The molecule has 5 nitrogen and oxygen atoms in total. The Balaban J connectivity index is 1.55. The van der Waals surface area contributed by atoms with Gasteiger partial charge in [0.2, 0.25) is 5.91 Å². The minimum absolute atomic E-state index is 0.0647. The number of aromatic nitrogens is 1. The molecule has 2 aromatic carbocycles. The smallest absolute Gasteiger partial charge is 0.242 e. The molecule has 24 heavy (non-hydrogen) atoms. The van der Waals surface area contributed by atoms with Crippen LogP contribution in [0.3, 0.4) is 0 Å². The van der Waals surface area contributed by atoms with Gasteiger partial charge in [0.05, 0.1) is 17.3 Å². The molecule has 0 saturated carbocycles. The number of thiazole rings is 1. The number of carbonyl (C=O) groups is 1. The van der Waals surface area contributed by atoms with E-state index >= 15 is 0 Å². The van der Waals surface area contributed by atoms with Crippen LogP contribution in [0.25, 0.3) is 10.2 Å². The Labute approximate surface area is 144 Å². The Hall–Kier alpha value is -2.60. The van der Waals surface area contributed by atoms with Crippen LogP contribution in [0.4, 0.5) is 5.13 Å². The van der Waals surface area contributed by atoms with Gasteiger partial charge in [-0.15, -0.1) is 0 Å². The van der Waals surface area contributed by atoms with Gasteiger partial charge in [0, 0.05) is 6.54 Å². The molecule has 0 aliphatic heterocycles. The van der Waals surface area contributed by atoms with Crippen LogP contribution in [-0.2, 0) is 11.3 Å². The standard InChI is InChI=1S/C18H19N3O2S/c1-12(20-18-21-15-5-3-4-6-16(15)24-18)17(22)19-11-13-7-9-14(23-2)10-8-13/h3-10,12H,11H2,1-2H3,(H,19,22)(H,20,21). The fourth-order valence-corrected chi connectivity index (χ4v) is 3.22. The summed E-state index contributed by atoms with van der Waals surface area (Å²) >= 11 is 1.55.